The number of rotatable bonds is 9. The summed E-state index contributed by atoms with van der Waals surface area (Å²) in [5, 5.41) is 2.25. The number of aryl methyl sites for hydroxylation is 1. The Bertz CT molecular complexity index is 1260. The SMILES string of the molecule is C=C(c1ccc(C(=O)C(C)C)c(CC)c1)N(C)/C(=C(\C)CC(C)(F)F)c1ccccc1.CC1CCC(=O)NC1=O. The third-order valence-electron chi connectivity index (χ3n) is 6.89. The van der Waals surface area contributed by atoms with Crippen LogP contribution in [0.2, 0.25) is 0 Å². The van der Waals surface area contributed by atoms with Gasteiger partial charge in [-0.3, -0.25) is 19.7 Å². The number of hydrogen-bond acceptors (Lipinski definition) is 4. The van der Waals surface area contributed by atoms with E-state index >= 15 is 0 Å². The summed E-state index contributed by atoms with van der Waals surface area (Å²) in [7, 11) is 1.85. The van der Waals surface area contributed by atoms with Crippen molar-refractivity contribution in [3.05, 3.63) is 82.9 Å². The number of nitrogens with zero attached hydrogens (tertiary/aromatic N) is 1. The Hall–Kier alpha value is -3.61. The minimum atomic E-state index is -2.81. The van der Waals surface area contributed by atoms with Crippen molar-refractivity contribution >= 4 is 29.0 Å². The smallest absolute Gasteiger partial charge is 0.249 e. The monoisotopic (exact) mass is 552 g/mol. The van der Waals surface area contributed by atoms with Gasteiger partial charge in [0.25, 0.3) is 0 Å². The molecule has 2 amide bonds. The molecule has 0 aliphatic carbocycles. The van der Waals surface area contributed by atoms with Gasteiger partial charge in [0.05, 0.1) is 0 Å². The van der Waals surface area contributed by atoms with E-state index in [1.807, 2.05) is 88.2 Å². The molecule has 0 radical (unpaired) electrons. The molecule has 216 valence electrons. The zero-order valence-electron chi connectivity index (χ0n) is 24.7. The Kier molecular flexibility index (Phi) is 11.5. The number of alkyl halides is 2. The van der Waals surface area contributed by atoms with Gasteiger partial charge in [0.15, 0.2) is 5.78 Å². The molecule has 1 aliphatic heterocycles. The van der Waals surface area contributed by atoms with Gasteiger partial charge in [0, 0.05) is 48.7 Å². The molecule has 1 heterocycles. The minimum absolute atomic E-state index is 0.0164. The first-order chi connectivity index (χ1) is 18.7. The van der Waals surface area contributed by atoms with Crippen molar-refractivity contribution in [1.29, 1.82) is 0 Å². The molecule has 3 rings (SSSR count). The van der Waals surface area contributed by atoms with Gasteiger partial charge in [0.1, 0.15) is 0 Å². The number of piperidine rings is 1. The van der Waals surface area contributed by atoms with Gasteiger partial charge in [-0.1, -0.05) is 76.7 Å². The fourth-order valence-electron chi connectivity index (χ4n) is 4.62. The van der Waals surface area contributed by atoms with Crippen LogP contribution in [0.4, 0.5) is 8.78 Å². The maximum absolute atomic E-state index is 13.8. The topological polar surface area (TPSA) is 66.5 Å². The fourth-order valence-corrected chi connectivity index (χ4v) is 4.62. The van der Waals surface area contributed by atoms with E-state index in [2.05, 4.69) is 11.9 Å². The summed E-state index contributed by atoms with van der Waals surface area (Å²) in [5.41, 5.74) is 5.41. The number of nitrogens with one attached hydrogen (secondary N) is 1. The second-order valence-electron chi connectivity index (χ2n) is 10.8. The number of carbonyl (C=O) groups excluding carboxylic acids is 3. The van der Waals surface area contributed by atoms with Gasteiger partial charge in [-0.15, -0.1) is 0 Å². The first-order valence-electron chi connectivity index (χ1n) is 13.7. The number of allylic oxidation sites excluding steroid dienone is 1. The molecule has 2 aromatic carbocycles. The first kappa shape index (κ1) is 32.6. The molecular formula is C33H42F2N2O3. The average Bonchev–Trinajstić information content (AvgIpc) is 2.89. The Labute approximate surface area is 237 Å². The fraction of sp³-hybridized carbons (Fsp3) is 0.424. The first-order valence-corrected chi connectivity index (χ1v) is 13.7. The highest BCUT2D eigenvalue weighted by Crippen LogP contribution is 2.34. The lowest BCUT2D eigenvalue weighted by atomic mass is 9.92. The maximum Gasteiger partial charge on any atom is 0.249 e. The minimum Gasteiger partial charge on any atom is -0.344 e. The van der Waals surface area contributed by atoms with Crippen LogP contribution in [0, 0.1) is 11.8 Å². The van der Waals surface area contributed by atoms with Crippen LogP contribution in [-0.4, -0.2) is 35.5 Å². The van der Waals surface area contributed by atoms with E-state index in [-0.39, 0.29) is 35.9 Å². The molecule has 1 unspecified atom stereocenters. The van der Waals surface area contributed by atoms with Gasteiger partial charge in [0.2, 0.25) is 17.7 Å². The Morgan fingerprint density at radius 3 is 2.25 bits per heavy atom. The molecule has 7 heteroatoms. The number of benzene rings is 2. The molecule has 0 saturated carbocycles. The summed E-state index contributed by atoms with van der Waals surface area (Å²) in [6.07, 6.45) is 1.58. The molecule has 1 N–H and O–H groups in total. The van der Waals surface area contributed by atoms with E-state index in [0.29, 0.717) is 29.8 Å². The van der Waals surface area contributed by atoms with E-state index < -0.39 is 5.92 Å². The number of Topliss-reactive ketones (excluding diaryl/α,β-unsaturated/α-hetero) is 1. The van der Waals surface area contributed by atoms with Crippen LogP contribution in [-0.2, 0) is 16.0 Å². The molecule has 0 spiro atoms. The highest BCUT2D eigenvalue weighted by atomic mass is 19.3. The second kappa shape index (κ2) is 14.1. The van der Waals surface area contributed by atoms with E-state index in [4.69, 9.17) is 0 Å². The largest absolute Gasteiger partial charge is 0.344 e. The van der Waals surface area contributed by atoms with Crippen molar-refractivity contribution in [3.8, 4) is 0 Å². The van der Waals surface area contributed by atoms with Crippen molar-refractivity contribution in [1.82, 2.24) is 10.2 Å². The van der Waals surface area contributed by atoms with Gasteiger partial charge >= 0.3 is 0 Å². The van der Waals surface area contributed by atoms with E-state index in [1.54, 1.807) is 6.92 Å². The third-order valence-corrected chi connectivity index (χ3v) is 6.89. The van der Waals surface area contributed by atoms with Crippen LogP contribution < -0.4 is 5.32 Å². The van der Waals surface area contributed by atoms with Gasteiger partial charge in [-0.2, -0.15) is 0 Å². The van der Waals surface area contributed by atoms with Crippen LogP contribution in [0.5, 0.6) is 0 Å². The summed E-state index contributed by atoms with van der Waals surface area (Å²) in [4.78, 5) is 35.6. The van der Waals surface area contributed by atoms with Crippen LogP contribution >= 0.6 is 0 Å². The predicted octanol–water partition coefficient (Wildman–Crippen LogP) is 7.53. The highest BCUT2D eigenvalue weighted by Gasteiger charge is 2.25. The van der Waals surface area contributed by atoms with Crippen LogP contribution in [0.25, 0.3) is 11.4 Å². The summed E-state index contributed by atoms with van der Waals surface area (Å²) in [5.74, 6) is -3.02. The molecule has 2 aromatic rings. The number of hydrogen-bond donors (Lipinski definition) is 1. The zero-order chi connectivity index (χ0) is 30.2. The maximum atomic E-state index is 13.8. The third kappa shape index (κ3) is 8.97. The Balaban J connectivity index is 0.000000526. The van der Waals surface area contributed by atoms with Crippen LogP contribution in [0.15, 0.2) is 60.7 Å². The quantitative estimate of drug-likeness (QED) is 0.258. The van der Waals surface area contributed by atoms with Crippen LogP contribution in [0.1, 0.15) is 87.9 Å². The molecule has 1 atom stereocenters. The lowest BCUT2D eigenvalue weighted by Gasteiger charge is -2.29. The van der Waals surface area contributed by atoms with Crippen molar-refractivity contribution in [2.24, 2.45) is 11.8 Å². The van der Waals surface area contributed by atoms with Gasteiger partial charge in [-0.25, -0.2) is 8.78 Å². The Morgan fingerprint density at radius 2 is 1.75 bits per heavy atom. The number of imide groups is 1. The molecule has 0 aromatic heterocycles. The lowest BCUT2D eigenvalue weighted by Crippen LogP contribution is -2.39. The zero-order valence-corrected chi connectivity index (χ0v) is 24.7. The van der Waals surface area contributed by atoms with Crippen molar-refractivity contribution in [2.75, 3.05) is 7.05 Å². The molecule has 0 bridgehead atoms. The Morgan fingerprint density at radius 1 is 1.12 bits per heavy atom. The number of ketones is 1. The van der Waals surface area contributed by atoms with Crippen molar-refractivity contribution in [2.45, 2.75) is 73.1 Å². The number of amides is 2. The standard InChI is InChI=1S/C27H33F2NO.C6H9NO2/c1-8-21-16-23(14-15-24(21)26(31)18(2)3)20(5)30(7)25(19(4)17-27(6,28)29)22-12-10-9-11-13-22;1-4-2-3-5(8)7-6(4)9/h9-16,18H,5,8,17H2,1-4,6-7H3;4H,2-3H2,1H3,(H,7,8,9)/b25-19+;. The van der Waals surface area contributed by atoms with E-state index in [9.17, 15) is 23.2 Å². The lowest BCUT2D eigenvalue weighted by molar-refractivity contribution is -0.135. The normalized spacial score (nSPS) is 16.0. The van der Waals surface area contributed by atoms with E-state index in [0.717, 1.165) is 35.6 Å². The summed E-state index contributed by atoms with van der Waals surface area (Å²) in [6.45, 7) is 14.6. The van der Waals surface area contributed by atoms with Crippen molar-refractivity contribution < 1.29 is 23.2 Å². The molecular weight excluding hydrogens is 510 g/mol. The molecule has 1 fully saturated rings. The molecule has 1 saturated heterocycles. The van der Waals surface area contributed by atoms with Gasteiger partial charge < -0.3 is 4.90 Å². The predicted molar refractivity (Wildman–Crippen MR) is 158 cm³/mol. The highest BCUT2D eigenvalue weighted by molar-refractivity contribution is 5.99. The number of halogens is 2. The summed E-state index contributed by atoms with van der Waals surface area (Å²) in [6, 6.07) is 15.2. The van der Waals surface area contributed by atoms with E-state index in [1.165, 1.54) is 0 Å². The van der Waals surface area contributed by atoms with Crippen LogP contribution in [0.3, 0.4) is 0 Å². The summed E-state index contributed by atoms with van der Waals surface area (Å²) >= 11 is 0. The molecule has 40 heavy (non-hydrogen) atoms. The van der Waals surface area contributed by atoms with Crippen molar-refractivity contribution in [3.63, 3.8) is 0 Å². The summed E-state index contributed by atoms with van der Waals surface area (Å²) < 4.78 is 27.6. The molecule has 5 nitrogen and oxygen atoms in total. The second-order valence-corrected chi connectivity index (χ2v) is 10.8. The molecule has 1 aliphatic rings. The van der Waals surface area contributed by atoms with Gasteiger partial charge in [-0.05, 0) is 55.0 Å². The number of carbonyl (C=O) groups is 3. The average molecular weight is 553 g/mol.